The highest BCUT2D eigenvalue weighted by Gasteiger charge is 2.25. The Hall–Kier alpha value is -9.96. The van der Waals surface area contributed by atoms with E-state index in [4.69, 9.17) is 34.0 Å². The molecule has 0 aliphatic heterocycles. The van der Waals surface area contributed by atoms with Gasteiger partial charge in [0.25, 0.3) is 0 Å². The standard InChI is InChI=1S/C66H40N8S/c1-5-19-41(20-6-1)61-68-64(70-65(69-61)45-34-38-58-51(39-45)48-28-15-18-32-57(48)75-58)44-33-36-55(52(40-44)66-71-62(42-21-7-2-8-22-42)67-63(72-66)43-23-9-3-10-24-43)74-53-30-16-13-27-47(53)49-35-37-56-59(60(49)74)50-29-14-17-31-54(50)73(56)46-25-11-4-12-26-46/h1-40H/i4D,11D,12D,25D,26D. The van der Waals surface area contributed by atoms with Gasteiger partial charge in [0.2, 0.25) is 0 Å². The Balaban J connectivity index is 1.05. The second kappa shape index (κ2) is 17.4. The molecule has 5 aromatic heterocycles. The van der Waals surface area contributed by atoms with E-state index in [0.29, 0.717) is 57.1 Å². The average Bonchev–Trinajstić information content (AvgIpc) is 4.36. The zero-order valence-electron chi connectivity index (χ0n) is 44.7. The predicted octanol–water partition coefficient (Wildman–Crippen LogP) is 16.6. The molecule has 10 aromatic carbocycles. The number of nitrogens with zero attached hydrogens (tertiary/aromatic N) is 8. The summed E-state index contributed by atoms with van der Waals surface area (Å²) in [4.78, 5) is 31.5. The van der Waals surface area contributed by atoms with Crippen molar-refractivity contribution in [3.05, 3.63) is 243 Å². The minimum absolute atomic E-state index is 0.0662. The molecule has 0 fully saturated rings. The lowest BCUT2D eigenvalue weighted by Crippen LogP contribution is -2.05. The molecule has 9 heteroatoms. The zero-order chi connectivity index (χ0) is 53.8. The number of hydrogen-bond donors (Lipinski definition) is 0. The van der Waals surface area contributed by atoms with Gasteiger partial charge in [-0.1, -0.05) is 170 Å². The van der Waals surface area contributed by atoms with Gasteiger partial charge in [-0.25, -0.2) is 29.9 Å². The van der Waals surface area contributed by atoms with Crippen molar-refractivity contribution in [2.75, 3.05) is 0 Å². The molecular formula is C66H40N8S. The third-order valence-corrected chi connectivity index (χ3v) is 15.1. The first-order chi connectivity index (χ1) is 39.3. The number of aromatic nitrogens is 8. The molecule has 0 aliphatic rings. The maximum atomic E-state index is 9.21. The van der Waals surface area contributed by atoms with Crippen LogP contribution >= 0.6 is 11.3 Å². The van der Waals surface area contributed by atoms with Crippen LogP contribution in [0.15, 0.2) is 243 Å². The van der Waals surface area contributed by atoms with Crippen LogP contribution < -0.4 is 0 Å². The second-order valence-electron chi connectivity index (χ2n) is 18.3. The second-order valence-corrected chi connectivity index (χ2v) is 19.4. The molecule has 0 amide bonds. The third kappa shape index (κ3) is 7.12. The topological polar surface area (TPSA) is 87.2 Å². The molecule has 0 bridgehead atoms. The summed E-state index contributed by atoms with van der Waals surface area (Å²) >= 11 is 1.76. The lowest BCUT2D eigenvalue weighted by atomic mass is 10.0. The Kier molecular flexibility index (Phi) is 8.75. The molecule has 0 saturated heterocycles. The van der Waals surface area contributed by atoms with E-state index >= 15 is 0 Å². The summed E-state index contributed by atoms with van der Waals surface area (Å²) in [5.74, 6) is 2.87. The van der Waals surface area contributed by atoms with E-state index in [1.165, 1.54) is 14.8 Å². The SMILES string of the molecule is [2H]c1c([2H])c([2H])c(-n2c3ccccc3c3c2ccc2c4ccccc4n(-c4ccc(-c5nc(-c6ccccc6)nc(-c6ccc7sc8ccccc8c7c6)n5)cc4-c4nc(-c5ccccc5)nc(-c5ccccc5)n4)c23)c([2H])c1[2H]. The smallest absolute Gasteiger partial charge is 0.166 e. The highest BCUT2D eigenvalue weighted by Crippen LogP contribution is 2.44. The van der Waals surface area contributed by atoms with E-state index in [2.05, 4.69) is 77.4 Å². The van der Waals surface area contributed by atoms with Crippen LogP contribution in [0.1, 0.15) is 6.85 Å². The molecule has 0 unspecified atom stereocenters. The summed E-state index contributed by atoms with van der Waals surface area (Å²) in [6, 6.07) is 69.1. The van der Waals surface area contributed by atoms with Gasteiger partial charge in [-0.2, -0.15) is 0 Å². The first-order valence-electron chi connectivity index (χ1n) is 27.0. The fourth-order valence-corrected chi connectivity index (χ4v) is 11.6. The quantitative estimate of drug-likeness (QED) is 0.151. The summed E-state index contributed by atoms with van der Waals surface area (Å²) < 4.78 is 50.8. The van der Waals surface area contributed by atoms with Crippen molar-refractivity contribution >= 4 is 75.1 Å². The van der Waals surface area contributed by atoms with Crippen molar-refractivity contribution in [1.82, 2.24) is 39.0 Å². The van der Waals surface area contributed by atoms with Gasteiger partial charge in [-0.3, -0.25) is 0 Å². The normalized spacial score (nSPS) is 12.7. The Bertz CT molecular complexity index is 4940. The number of thiophene rings is 1. The maximum Gasteiger partial charge on any atom is 0.166 e. The van der Waals surface area contributed by atoms with Crippen LogP contribution in [0.5, 0.6) is 0 Å². The Morgan fingerprint density at radius 1 is 0.333 bits per heavy atom. The van der Waals surface area contributed by atoms with Gasteiger partial charge in [-0.05, 0) is 72.7 Å². The molecular weight excluding hydrogens is 937 g/mol. The predicted molar refractivity (Wildman–Crippen MR) is 307 cm³/mol. The summed E-state index contributed by atoms with van der Waals surface area (Å²) in [5.41, 5.74) is 8.56. The van der Waals surface area contributed by atoms with Crippen molar-refractivity contribution in [1.29, 1.82) is 0 Å². The van der Waals surface area contributed by atoms with Crippen molar-refractivity contribution in [2.45, 2.75) is 0 Å². The van der Waals surface area contributed by atoms with Crippen LogP contribution in [0.4, 0.5) is 0 Å². The molecule has 75 heavy (non-hydrogen) atoms. The Labute approximate surface area is 441 Å². The summed E-state index contributed by atoms with van der Waals surface area (Å²) in [7, 11) is 0. The van der Waals surface area contributed by atoms with Crippen LogP contribution in [0.3, 0.4) is 0 Å². The number of hydrogen-bond acceptors (Lipinski definition) is 7. The molecule has 8 nitrogen and oxygen atoms in total. The van der Waals surface area contributed by atoms with Crippen molar-refractivity contribution in [2.24, 2.45) is 0 Å². The van der Waals surface area contributed by atoms with E-state index < -0.39 is 18.1 Å². The fraction of sp³-hybridized carbons (Fsp3) is 0. The number of fused-ring (bicyclic) bond motifs is 10. The van der Waals surface area contributed by atoms with Crippen molar-refractivity contribution in [3.8, 4) is 79.7 Å². The van der Waals surface area contributed by atoms with Crippen LogP contribution in [0, 0.1) is 0 Å². The molecule has 15 rings (SSSR count). The lowest BCUT2D eigenvalue weighted by Gasteiger charge is -2.17. The van der Waals surface area contributed by atoms with Gasteiger partial charge in [0, 0.05) is 80.8 Å². The first kappa shape index (κ1) is 37.8. The number of para-hydroxylation sites is 3. The lowest BCUT2D eigenvalue weighted by molar-refractivity contribution is 1.06. The van der Waals surface area contributed by atoms with Crippen LogP contribution in [-0.2, 0) is 0 Å². The minimum Gasteiger partial charge on any atom is -0.309 e. The zero-order valence-corrected chi connectivity index (χ0v) is 40.5. The largest absolute Gasteiger partial charge is 0.309 e. The number of rotatable bonds is 8. The van der Waals surface area contributed by atoms with Crippen molar-refractivity contribution in [3.63, 3.8) is 0 Å². The molecule has 0 saturated carbocycles. The Morgan fingerprint density at radius 2 is 0.827 bits per heavy atom. The molecule has 0 aliphatic carbocycles. The van der Waals surface area contributed by atoms with Crippen LogP contribution in [0.25, 0.3) is 143 Å². The van der Waals surface area contributed by atoms with Crippen LogP contribution in [-0.4, -0.2) is 39.0 Å². The van der Waals surface area contributed by atoms with E-state index in [9.17, 15) is 2.74 Å². The molecule has 0 radical (unpaired) electrons. The van der Waals surface area contributed by atoms with Gasteiger partial charge in [0.15, 0.2) is 34.9 Å². The van der Waals surface area contributed by atoms with Gasteiger partial charge in [0.05, 0.1) is 34.6 Å². The van der Waals surface area contributed by atoms with Gasteiger partial charge in [-0.15, -0.1) is 11.3 Å². The first-order valence-corrected chi connectivity index (χ1v) is 25.4. The summed E-state index contributed by atoms with van der Waals surface area (Å²) in [6.45, 7) is 0. The number of benzene rings is 10. The highest BCUT2D eigenvalue weighted by atomic mass is 32.1. The molecule has 5 heterocycles. The minimum atomic E-state index is -0.453. The molecule has 0 spiro atoms. The molecule has 0 N–H and O–H groups in total. The van der Waals surface area contributed by atoms with Gasteiger partial charge < -0.3 is 9.13 Å². The van der Waals surface area contributed by atoms with E-state index in [1.54, 1.807) is 11.3 Å². The van der Waals surface area contributed by atoms with Crippen LogP contribution in [0.2, 0.25) is 0 Å². The summed E-state index contributed by atoms with van der Waals surface area (Å²) in [5, 5.41) is 5.90. The van der Waals surface area contributed by atoms with E-state index in [0.717, 1.165) is 65.9 Å². The van der Waals surface area contributed by atoms with E-state index in [-0.39, 0.29) is 17.8 Å². The molecule has 350 valence electrons. The third-order valence-electron chi connectivity index (χ3n) is 13.9. The summed E-state index contributed by atoms with van der Waals surface area (Å²) in [6.07, 6.45) is 0. The van der Waals surface area contributed by atoms with Gasteiger partial charge in [0.1, 0.15) is 0 Å². The van der Waals surface area contributed by atoms with Crippen molar-refractivity contribution < 1.29 is 6.85 Å². The van der Waals surface area contributed by atoms with Gasteiger partial charge >= 0.3 is 0 Å². The van der Waals surface area contributed by atoms with E-state index in [1.807, 2.05) is 144 Å². The fourth-order valence-electron chi connectivity index (χ4n) is 10.5. The maximum absolute atomic E-state index is 9.21. The molecule has 0 atom stereocenters. The average molecular weight is 982 g/mol. The Morgan fingerprint density at radius 3 is 1.47 bits per heavy atom. The monoisotopic (exact) mass is 981 g/mol. The molecule has 15 aromatic rings. The highest BCUT2D eigenvalue weighted by molar-refractivity contribution is 7.25.